The molecule has 1 saturated heterocycles. The van der Waals surface area contributed by atoms with Crippen LogP contribution in [-0.4, -0.2) is 19.4 Å². The van der Waals surface area contributed by atoms with E-state index in [0.29, 0.717) is 16.0 Å². The molecule has 0 amide bonds. The Balaban J connectivity index is 2.37. The zero-order valence-corrected chi connectivity index (χ0v) is 10.4. The van der Waals surface area contributed by atoms with E-state index in [2.05, 4.69) is 18.7 Å². The van der Waals surface area contributed by atoms with Crippen LogP contribution in [0.15, 0.2) is 18.2 Å². The Hall–Kier alpha value is -1.02. The molecule has 0 N–H and O–H groups in total. The molecule has 16 heavy (non-hydrogen) atoms. The quantitative estimate of drug-likeness (QED) is 0.735. The number of hydrogen-bond acceptors (Lipinski definition) is 2. The molecule has 2 nitrogen and oxygen atoms in total. The molecule has 0 saturated carbocycles. The number of carbonyl (C=O) groups is 1. The van der Waals surface area contributed by atoms with Gasteiger partial charge in [0, 0.05) is 18.7 Å². The first kappa shape index (κ1) is 11.5. The summed E-state index contributed by atoms with van der Waals surface area (Å²) < 4.78 is 0. The maximum atomic E-state index is 11.0. The second-order valence-electron chi connectivity index (χ2n) is 5.13. The number of anilines is 1. The molecule has 1 aromatic carbocycles. The Morgan fingerprint density at radius 2 is 2.19 bits per heavy atom. The molecule has 1 aliphatic heterocycles. The van der Waals surface area contributed by atoms with E-state index in [4.69, 9.17) is 11.6 Å². The monoisotopic (exact) mass is 237 g/mol. The maximum absolute atomic E-state index is 11.0. The Bertz CT molecular complexity index is 414. The second-order valence-corrected chi connectivity index (χ2v) is 5.54. The lowest BCUT2D eigenvalue weighted by atomic mass is 9.93. The van der Waals surface area contributed by atoms with E-state index in [0.717, 1.165) is 31.5 Å². The summed E-state index contributed by atoms with van der Waals surface area (Å²) in [5, 5.41) is 0.669. The summed E-state index contributed by atoms with van der Waals surface area (Å²) in [7, 11) is 0. The van der Waals surface area contributed by atoms with Crippen molar-refractivity contribution in [3.05, 3.63) is 28.8 Å². The minimum absolute atomic E-state index is 0.305. The lowest BCUT2D eigenvalue weighted by Gasteiger charge is -2.23. The minimum Gasteiger partial charge on any atom is -0.369 e. The molecule has 0 atom stereocenters. The van der Waals surface area contributed by atoms with Gasteiger partial charge in [0.25, 0.3) is 0 Å². The summed E-state index contributed by atoms with van der Waals surface area (Å²) in [5.41, 5.74) is 1.88. The van der Waals surface area contributed by atoms with E-state index < -0.39 is 0 Å². The van der Waals surface area contributed by atoms with Crippen LogP contribution >= 0.6 is 11.6 Å². The average molecular weight is 238 g/mol. The van der Waals surface area contributed by atoms with Gasteiger partial charge in [0.2, 0.25) is 0 Å². The van der Waals surface area contributed by atoms with E-state index in [9.17, 15) is 4.79 Å². The van der Waals surface area contributed by atoms with Crippen LogP contribution in [0.3, 0.4) is 0 Å². The van der Waals surface area contributed by atoms with Crippen molar-refractivity contribution >= 4 is 23.6 Å². The molecule has 3 heteroatoms. The summed E-state index contributed by atoms with van der Waals surface area (Å²) in [6.07, 6.45) is 2.02. The standard InChI is InChI=1S/C13H16ClNO/c1-13(2)6-7-15(9-13)12-10(8-16)4-3-5-11(12)14/h3-5,8H,6-7,9H2,1-2H3. The summed E-state index contributed by atoms with van der Waals surface area (Å²) in [6, 6.07) is 5.48. The molecule has 1 fully saturated rings. The third kappa shape index (κ3) is 2.07. The van der Waals surface area contributed by atoms with Crippen molar-refractivity contribution in [3.63, 3.8) is 0 Å². The van der Waals surface area contributed by atoms with Crippen molar-refractivity contribution in [1.82, 2.24) is 0 Å². The first-order valence-corrected chi connectivity index (χ1v) is 5.90. The van der Waals surface area contributed by atoms with Gasteiger partial charge in [-0.25, -0.2) is 0 Å². The molecule has 0 radical (unpaired) electrons. The highest BCUT2D eigenvalue weighted by molar-refractivity contribution is 6.33. The summed E-state index contributed by atoms with van der Waals surface area (Å²) in [4.78, 5) is 13.2. The normalized spacial score (nSPS) is 18.8. The van der Waals surface area contributed by atoms with Crippen molar-refractivity contribution < 1.29 is 4.79 Å². The zero-order valence-electron chi connectivity index (χ0n) is 9.66. The van der Waals surface area contributed by atoms with Gasteiger partial charge in [-0.3, -0.25) is 4.79 Å². The SMILES string of the molecule is CC1(C)CCN(c2c(Cl)cccc2C=O)C1. The third-order valence-corrected chi connectivity index (χ3v) is 3.44. The van der Waals surface area contributed by atoms with Crippen LogP contribution in [0.5, 0.6) is 0 Å². The highest BCUT2D eigenvalue weighted by Gasteiger charge is 2.31. The van der Waals surface area contributed by atoms with Crippen molar-refractivity contribution in [2.75, 3.05) is 18.0 Å². The van der Waals surface area contributed by atoms with Crippen LogP contribution in [0.2, 0.25) is 5.02 Å². The molecular formula is C13H16ClNO. The Morgan fingerprint density at radius 3 is 2.75 bits per heavy atom. The van der Waals surface area contributed by atoms with Crippen molar-refractivity contribution in [1.29, 1.82) is 0 Å². The van der Waals surface area contributed by atoms with Gasteiger partial charge in [-0.05, 0) is 24.0 Å². The number of para-hydroxylation sites is 1. The summed E-state index contributed by atoms with van der Waals surface area (Å²) in [6.45, 7) is 6.41. The van der Waals surface area contributed by atoms with Crippen LogP contribution in [-0.2, 0) is 0 Å². The molecule has 0 spiro atoms. The molecule has 0 unspecified atom stereocenters. The van der Waals surface area contributed by atoms with E-state index in [1.54, 1.807) is 0 Å². The lowest BCUT2D eigenvalue weighted by molar-refractivity contribution is 0.112. The van der Waals surface area contributed by atoms with Gasteiger partial charge in [-0.2, -0.15) is 0 Å². The van der Waals surface area contributed by atoms with Gasteiger partial charge < -0.3 is 4.90 Å². The molecule has 1 aliphatic rings. The average Bonchev–Trinajstić information content (AvgIpc) is 2.58. The molecular weight excluding hydrogens is 222 g/mol. The van der Waals surface area contributed by atoms with Crippen molar-refractivity contribution in [3.8, 4) is 0 Å². The largest absolute Gasteiger partial charge is 0.369 e. The fourth-order valence-corrected chi connectivity index (χ4v) is 2.57. The predicted molar refractivity (Wildman–Crippen MR) is 67.5 cm³/mol. The van der Waals surface area contributed by atoms with Gasteiger partial charge >= 0.3 is 0 Å². The fraction of sp³-hybridized carbons (Fsp3) is 0.462. The number of halogens is 1. The molecule has 0 bridgehead atoms. The number of benzene rings is 1. The minimum atomic E-state index is 0.305. The van der Waals surface area contributed by atoms with Crippen molar-refractivity contribution in [2.24, 2.45) is 5.41 Å². The molecule has 2 rings (SSSR count). The molecule has 0 aliphatic carbocycles. The summed E-state index contributed by atoms with van der Waals surface area (Å²) >= 11 is 6.18. The Labute approximate surface area is 101 Å². The highest BCUT2D eigenvalue weighted by Crippen LogP contribution is 2.37. The molecule has 0 aromatic heterocycles. The van der Waals surface area contributed by atoms with E-state index in [-0.39, 0.29) is 0 Å². The van der Waals surface area contributed by atoms with Gasteiger partial charge in [-0.1, -0.05) is 31.5 Å². The number of aldehydes is 1. The summed E-state index contributed by atoms with van der Waals surface area (Å²) in [5.74, 6) is 0. The Kier molecular flexibility index (Phi) is 2.94. The second kappa shape index (κ2) is 4.10. The first-order valence-electron chi connectivity index (χ1n) is 5.52. The van der Waals surface area contributed by atoms with Crippen LogP contribution in [0.4, 0.5) is 5.69 Å². The smallest absolute Gasteiger partial charge is 0.152 e. The van der Waals surface area contributed by atoms with Gasteiger partial charge in [0.15, 0.2) is 6.29 Å². The van der Waals surface area contributed by atoms with Crippen molar-refractivity contribution in [2.45, 2.75) is 20.3 Å². The predicted octanol–water partition coefficient (Wildman–Crippen LogP) is 3.39. The third-order valence-electron chi connectivity index (χ3n) is 3.14. The van der Waals surface area contributed by atoms with E-state index in [1.165, 1.54) is 0 Å². The lowest BCUT2D eigenvalue weighted by Crippen LogP contribution is -2.24. The molecule has 1 heterocycles. The Morgan fingerprint density at radius 1 is 1.44 bits per heavy atom. The zero-order chi connectivity index (χ0) is 11.8. The van der Waals surface area contributed by atoms with Crippen LogP contribution in [0, 0.1) is 5.41 Å². The van der Waals surface area contributed by atoms with E-state index in [1.807, 2.05) is 18.2 Å². The van der Waals surface area contributed by atoms with Crippen LogP contribution in [0.25, 0.3) is 0 Å². The van der Waals surface area contributed by atoms with Crippen LogP contribution < -0.4 is 4.90 Å². The molecule has 86 valence electrons. The first-order chi connectivity index (χ1) is 7.53. The maximum Gasteiger partial charge on any atom is 0.152 e. The van der Waals surface area contributed by atoms with Gasteiger partial charge in [0.1, 0.15) is 0 Å². The van der Waals surface area contributed by atoms with Gasteiger partial charge in [-0.15, -0.1) is 0 Å². The topological polar surface area (TPSA) is 20.3 Å². The number of rotatable bonds is 2. The number of nitrogens with zero attached hydrogens (tertiary/aromatic N) is 1. The number of hydrogen-bond donors (Lipinski definition) is 0. The molecule has 1 aromatic rings. The highest BCUT2D eigenvalue weighted by atomic mass is 35.5. The number of carbonyl (C=O) groups excluding carboxylic acids is 1. The van der Waals surface area contributed by atoms with Crippen LogP contribution in [0.1, 0.15) is 30.6 Å². The van der Waals surface area contributed by atoms with Gasteiger partial charge in [0.05, 0.1) is 10.7 Å². The fourth-order valence-electron chi connectivity index (χ4n) is 2.26. The van der Waals surface area contributed by atoms with E-state index >= 15 is 0 Å².